The molecule has 0 amide bonds. The highest BCUT2D eigenvalue weighted by Gasteiger charge is 2.08. The van der Waals surface area contributed by atoms with E-state index in [0.29, 0.717) is 6.42 Å². The Kier molecular flexibility index (Phi) is 3.45. The Morgan fingerprint density at radius 2 is 1.53 bits per heavy atom. The van der Waals surface area contributed by atoms with Gasteiger partial charge in [-0.05, 0) is 30.2 Å². The van der Waals surface area contributed by atoms with Crippen LogP contribution >= 0.6 is 0 Å². The molecule has 2 rings (SSSR count). The molecule has 0 aromatic heterocycles. The molecule has 1 atom stereocenters. The Labute approximate surface area is 101 Å². The van der Waals surface area contributed by atoms with Gasteiger partial charge in [-0.15, -0.1) is 0 Å². The van der Waals surface area contributed by atoms with E-state index in [4.69, 9.17) is 0 Å². The number of aryl methyl sites for hydroxylation is 1. The second-order valence-electron chi connectivity index (χ2n) is 4.30. The van der Waals surface area contributed by atoms with Crippen LogP contribution in [0.4, 0.5) is 0 Å². The van der Waals surface area contributed by atoms with E-state index in [1.807, 2.05) is 43.3 Å². The summed E-state index contributed by atoms with van der Waals surface area (Å²) in [5.41, 5.74) is 3.12. The molecule has 0 spiro atoms. The van der Waals surface area contributed by atoms with Crippen molar-refractivity contribution in [1.29, 1.82) is 0 Å². The maximum Gasteiger partial charge on any atom is 0.115 e. The van der Waals surface area contributed by atoms with Crippen LogP contribution in [0.5, 0.6) is 5.75 Å². The van der Waals surface area contributed by atoms with Gasteiger partial charge in [-0.25, -0.2) is 0 Å². The van der Waals surface area contributed by atoms with Crippen molar-refractivity contribution in [3.63, 3.8) is 0 Å². The van der Waals surface area contributed by atoms with Gasteiger partial charge >= 0.3 is 0 Å². The summed E-state index contributed by atoms with van der Waals surface area (Å²) in [5, 5.41) is 19.2. The van der Waals surface area contributed by atoms with Gasteiger partial charge in [-0.1, -0.05) is 42.0 Å². The second kappa shape index (κ2) is 5.02. The Hall–Kier alpha value is -1.80. The zero-order chi connectivity index (χ0) is 12.3. The van der Waals surface area contributed by atoms with Gasteiger partial charge in [0.15, 0.2) is 0 Å². The van der Waals surface area contributed by atoms with Crippen LogP contribution in [0.25, 0.3) is 0 Å². The molecule has 17 heavy (non-hydrogen) atoms. The molecule has 0 heterocycles. The molecular weight excluding hydrogens is 212 g/mol. The summed E-state index contributed by atoms with van der Waals surface area (Å²) < 4.78 is 0. The topological polar surface area (TPSA) is 40.5 Å². The fraction of sp³-hybridized carbons (Fsp3) is 0.200. The van der Waals surface area contributed by atoms with Crippen molar-refractivity contribution >= 4 is 0 Å². The third-order valence-corrected chi connectivity index (χ3v) is 2.83. The molecule has 0 bridgehead atoms. The molecule has 0 radical (unpaired) electrons. The Morgan fingerprint density at radius 1 is 0.941 bits per heavy atom. The molecule has 0 saturated heterocycles. The van der Waals surface area contributed by atoms with Crippen LogP contribution in [0.3, 0.4) is 0 Å². The molecule has 2 aromatic rings. The predicted molar refractivity (Wildman–Crippen MR) is 67.9 cm³/mol. The minimum absolute atomic E-state index is 0.249. The zero-order valence-corrected chi connectivity index (χ0v) is 9.80. The summed E-state index contributed by atoms with van der Waals surface area (Å²) in [7, 11) is 0. The lowest BCUT2D eigenvalue weighted by molar-refractivity contribution is 0.178. The van der Waals surface area contributed by atoms with Crippen LogP contribution in [-0.4, -0.2) is 10.2 Å². The third kappa shape index (κ3) is 3.08. The monoisotopic (exact) mass is 228 g/mol. The largest absolute Gasteiger partial charge is 0.508 e. The van der Waals surface area contributed by atoms with Crippen LogP contribution in [-0.2, 0) is 6.42 Å². The van der Waals surface area contributed by atoms with Crippen LogP contribution in [0.15, 0.2) is 48.5 Å². The average molecular weight is 228 g/mol. The predicted octanol–water partition coefficient (Wildman–Crippen LogP) is 2.98. The van der Waals surface area contributed by atoms with Crippen molar-refractivity contribution in [3.8, 4) is 5.75 Å². The van der Waals surface area contributed by atoms with Gasteiger partial charge in [0.2, 0.25) is 0 Å². The molecule has 2 aromatic carbocycles. The number of aromatic hydroxyl groups is 1. The summed E-state index contributed by atoms with van der Waals surface area (Å²) >= 11 is 0. The number of hydrogen-bond acceptors (Lipinski definition) is 2. The van der Waals surface area contributed by atoms with Crippen molar-refractivity contribution < 1.29 is 10.2 Å². The molecule has 0 aliphatic rings. The zero-order valence-electron chi connectivity index (χ0n) is 9.80. The van der Waals surface area contributed by atoms with E-state index in [-0.39, 0.29) is 5.75 Å². The van der Waals surface area contributed by atoms with Crippen molar-refractivity contribution in [2.75, 3.05) is 0 Å². The summed E-state index contributed by atoms with van der Waals surface area (Å²) in [6, 6.07) is 14.8. The van der Waals surface area contributed by atoms with Crippen molar-refractivity contribution in [1.82, 2.24) is 0 Å². The molecule has 2 heteroatoms. The lowest BCUT2D eigenvalue weighted by Crippen LogP contribution is -2.01. The third-order valence-electron chi connectivity index (χ3n) is 2.83. The number of phenols is 1. The highest BCUT2D eigenvalue weighted by Crippen LogP contribution is 2.20. The van der Waals surface area contributed by atoms with E-state index >= 15 is 0 Å². The number of aliphatic hydroxyl groups excluding tert-OH is 1. The second-order valence-corrected chi connectivity index (χ2v) is 4.30. The van der Waals surface area contributed by atoms with E-state index in [0.717, 1.165) is 11.1 Å². The molecule has 0 saturated carbocycles. The average Bonchev–Trinajstić information content (AvgIpc) is 2.33. The number of benzene rings is 2. The first kappa shape index (κ1) is 11.7. The van der Waals surface area contributed by atoms with Crippen LogP contribution in [0, 0.1) is 6.92 Å². The van der Waals surface area contributed by atoms with Gasteiger partial charge in [0.25, 0.3) is 0 Å². The van der Waals surface area contributed by atoms with Gasteiger partial charge in [0.05, 0.1) is 6.10 Å². The SMILES string of the molecule is Cc1ccc(C(O)Cc2ccc(O)cc2)cc1. The molecule has 1 unspecified atom stereocenters. The van der Waals surface area contributed by atoms with E-state index < -0.39 is 6.10 Å². The Balaban J connectivity index is 2.08. The molecule has 2 N–H and O–H groups in total. The first-order valence-corrected chi connectivity index (χ1v) is 5.68. The van der Waals surface area contributed by atoms with Gasteiger partial charge in [0, 0.05) is 6.42 Å². The molecule has 0 aliphatic carbocycles. The summed E-state index contributed by atoms with van der Waals surface area (Å²) in [6.45, 7) is 2.02. The number of phenolic OH excluding ortho intramolecular Hbond substituents is 1. The van der Waals surface area contributed by atoms with E-state index in [1.54, 1.807) is 12.1 Å². The quantitative estimate of drug-likeness (QED) is 0.847. The summed E-state index contributed by atoms with van der Waals surface area (Å²) in [6.07, 6.45) is 0.0590. The maximum absolute atomic E-state index is 10.1. The van der Waals surface area contributed by atoms with E-state index in [1.165, 1.54) is 5.56 Å². The first-order valence-electron chi connectivity index (χ1n) is 5.68. The highest BCUT2D eigenvalue weighted by atomic mass is 16.3. The minimum atomic E-state index is -0.500. The Morgan fingerprint density at radius 3 is 2.12 bits per heavy atom. The smallest absolute Gasteiger partial charge is 0.115 e. The number of hydrogen-bond donors (Lipinski definition) is 2. The molecular formula is C15H16O2. The van der Waals surface area contributed by atoms with Crippen LogP contribution in [0.2, 0.25) is 0 Å². The Bertz CT molecular complexity index is 471. The standard InChI is InChI=1S/C15H16O2/c1-11-2-6-13(7-3-11)15(17)10-12-4-8-14(16)9-5-12/h2-9,15-17H,10H2,1H3. The first-order chi connectivity index (χ1) is 8.15. The van der Waals surface area contributed by atoms with Crippen molar-refractivity contribution in [3.05, 3.63) is 65.2 Å². The van der Waals surface area contributed by atoms with Crippen LogP contribution in [0.1, 0.15) is 22.8 Å². The molecule has 0 fully saturated rings. The van der Waals surface area contributed by atoms with Gasteiger partial charge in [-0.2, -0.15) is 0 Å². The van der Waals surface area contributed by atoms with Gasteiger partial charge in [-0.3, -0.25) is 0 Å². The summed E-state index contributed by atoms with van der Waals surface area (Å²) in [5.74, 6) is 0.249. The van der Waals surface area contributed by atoms with E-state index in [9.17, 15) is 10.2 Å². The number of rotatable bonds is 3. The lowest BCUT2D eigenvalue weighted by Gasteiger charge is -2.11. The highest BCUT2D eigenvalue weighted by molar-refractivity contribution is 5.29. The maximum atomic E-state index is 10.1. The normalized spacial score (nSPS) is 12.4. The van der Waals surface area contributed by atoms with Crippen molar-refractivity contribution in [2.24, 2.45) is 0 Å². The summed E-state index contributed by atoms with van der Waals surface area (Å²) in [4.78, 5) is 0. The molecule has 88 valence electrons. The van der Waals surface area contributed by atoms with E-state index in [2.05, 4.69) is 0 Å². The molecule has 0 aliphatic heterocycles. The fourth-order valence-corrected chi connectivity index (χ4v) is 1.76. The van der Waals surface area contributed by atoms with Crippen molar-refractivity contribution in [2.45, 2.75) is 19.4 Å². The van der Waals surface area contributed by atoms with Crippen LogP contribution < -0.4 is 0 Å². The van der Waals surface area contributed by atoms with Gasteiger partial charge < -0.3 is 10.2 Å². The fourth-order valence-electron chi connectivity index (χ4n) is 1.76. The molecule has 2 nitrogen and oxygen atoms in total. The number of aliphatic hydroxyl groups is 1. The lowest BCUT2D eigenvalue weighted by atomic mass is 10.0. The minimum Gasteiger partial charge on any atom is -0.508 e. The van der Waals surface area contributed by atoms with Gasteiger partial charge in [0.1, 0.15) is 5.75 Å².